The number of piperidine rings is 2. The molecule has 4 heterocycles. The summed E-state index contributed by atoms with van der Waals surface area (Å²) in [5.41, 5.74) is 7.05. The topological polar surface area (TPSA) is 111 Å². The summed E-state index contributed by atoms with van der Waals surface area (Å²) in [4.78, 5) is 43.9. The number of carbonyl (C=O) groups excluding carboxylic acids is 2. The summed E-state index contributed by atoms with van der Waals surface area (Å²) in [6.07, 6.45) is 6.54. The third kappa shape index (κ3) is 8.03. The highest BCUT2D eigenvalue weighted by atomic mass is 16.3. The summed E-state index contributed by atoms with van der Waals surface area (Å²) in [6, 6.07) is 26.9. The molecule has 2 N–H and O–H groups in total. The summed E-state index contributed by atoms with van der Waals surface area (Å²) in [7, 11) is 0. The monoisotopic (exact) mass is 718 g/mol. The van der Waals surface area contributed by atoms with Gasteiger partial charge in [0.2, 0.25) is 5.91 Å². The van der Waals surface area contributed by atoms with E-state index in [4.69, 9.17) is 0 Å². The van der Waals surface area contributed by atoms with Crippen molar-refractivity contribution in [3.05, 3.63) is 118 Å². The second-order valence-electron chi connectivity index (χ2n) is 14.7. The van der Waals surface area contributed by atoms with Crippen molar-refractivity contribution < 1.29 is 14.7 Å². The van der Waals surface area contributed by atoms with Crippen LogP contribution < -0.4 is 20.7 Å². The number of fused-ring (bicyclic) bond motifs is 1. The van der Waals surface area contributed by atoms with E-state index in [2.05, 4.69) is 85.8 Å². The molecule has 8 rings (SSSR count). The average molecular weight is 719 g/mol. The fraction of sp³-hybridized carbons (Fsp3) is 0.442. The standard InChI is InChI=1S/C41H46N6O4.2CH4/c48-34-11-13-36-31(24-34)8-12-35(29-4-2-1-3-5-29)40(36)30-6-9-32(10-7-30)45-18-16-28(17-19-45)27-44-20-22-46(23-21-44)33-25-39(50)47(42-26-33)37-14-15-38(49)43-41(37)51;;/h1-7,9-11,13,24-26,28,35,37,40,48H,8,12,14-23,27H2,(H,43,49,51);2*1H4/t35-,37?,40+;;/m1../s1. The van der Waals surface area contributed by atoms with E-state index in [1.807, 2.05) is 12.1 Å². The van der Waals surface area contributed by atoms with Crippen LogP contribution >= 0.6 is 0 Å². The molecule has 3 saturated heterocycles. The Morgan fingerprint density at radius 2 is 1.43 bits per heavy atom. The van der Waals surface area contributed by atoms with Gasteiger partial charge < -0.3 is 14.9 Å². The zero-order valence-electron chi connectivity index (χ0n) is 29.0. The van der Waals surface area contributed by atoms with Gasteiger partial charge in [0, 0.05) is 69.9 Å². The second-order valence-corrected chi connectivity index (χ2v) is 14.7. The minimum Gasteiger partial charge on any atom is -0.508 e. The average Bonchev–Trinajstić information content (AvgIpc) is 3.16. The predicted octanol–water partition coefficient (Wildman–Crippen LogP) is 6.10. The van der Waals surface area contributed by atoms with Gasteiger partial charge in [0.1, 0.15) is 11.8 Å². The molecular weight excluding hydrogens is 665 g/mol. The highest BCUT2D eigenvalue weighted by Gasteiger charge is 2.33. The van der Waals surface area contributed by atoms with Crippen molar-refractivity contribution in [2.24, 2.45) is 5.92 Å². The molecule has 1 aliphatic carbocycles. The van der Waals surface area contributed by atoms with Crippen LogP contribution in [0, 0.1) is 5.92 Å². The summed E-state index contributed by atoms with van der Waals surface area (Å²) >= 11 is 0. The van der Waals surface area contributed by atoms with Crippen molar-refractivity contribution in [3.8, 4) is 5.75 Å². The number of phenols is 1. The Bertz CT molecular complexity index is 1930. The number of aryl methyl sites for hydroxylation is 1. The van der Waals surface area contributed by atoms with Gasteiger partial charge in [-0.15, -0.1) is 0 Å². The van der Waals surface area contributed by atoms with Gasteiger partial charge in [-0.25, -0.2) is 4.68 Å². The summed E-state index contributed by atoms with van der Waals surface area (Å²) in [6.45, 7) is 6.72. The van der Waals surface area contributed by atoms with Gasteiger partial charge in [0.15, 0.2) is 0 Å². The lowest BCUT2D eigenvalue weighted by molar-refractivity contribution is -0.136. The Kier molecular flexibility index (Phi) is 11.7. The quantitative estimate of drug-likeness (QED) is 0.221. The Balaban J connectivity index is 0.00000240. The van der Waals surface area contributed by atoms with E-state index in [1.54, 1.807) is 12.3 Å². The molecule has 0 spiro atoms. The van der Waals surface area contributed by atoms with Crippen LogP contribution in [0.15, 0.2) is 89.9 Å². The number of nitrogens with zero attached hydrogens (tertiary/aromatic N) is 5. The molecule has 3 aliphatic heterocycles. The van der Waals surface area contributed by atoms with E-state index >= 15 is 0 Å². The molecule has 4 aliphatic rings. The van der Waals surface area contributed by atoms with Gasteiger partial charge in [-0.2, -0.15) is 5.10 Å². The highest BCUT2D eigenvalue weighted by Crippen LogP contribution is 2.47. The lowest BCUT2D eigenvalue weighted by Gasteiger charge is -2.40. The van der Waals surface area contributed by atoms with E-state index in [9.17, 15) is 19.5 Å². The minimum absolute atomic E-state index is 0. The van der Waals surface area contributed by atoms with E-state index in [1.165, 1.54) is 45.5 Å². The highest BCUT2D eigenvalue weighted by molar-refractivity contribution is 5.99. The maximum absolute atomic E-state index is 12.9. The molecule has 3 aromatic carbocycles. The zero-order chi connectivity index (χ0) is 34.9. The van der Waals surface area contributed by atoms with E-state index < -0.39 is 11.9 Å². The first-order valence-electron chi connectivity index (χ1n) is 18.5. The van der Waals surface area contributed by atoms with Crippen molar-refractivity contribution in [2.45, 2.75) is 71.3 Å². The molecule has 2 amide bonds. The largest absolute Gasteiger partial charge is 0.508 e. The number of carbonyl (C=O) groups is 2. The van der Waals surface area contributed by atoms with Gasteiger partial charge in [0.25, 0.3) is 11.5 Å². The van der Waals surface area contributed by atoms with Gasteiger partial charge >= 0.3 is 0 Å². The van der Waals surface area contributed by atoms with Crippen LogP contribution in [0.4, 0.5) is 11.4 Å². The number of piperazine rings is 1. The van der Waals surface area contributed by atoms with Gasteiger partial charge in [-0.1, -0.05) is 63.4 Å². The third-order valence-corrected chi connectivity index (χ3v) is 11.6. The Morgan fingerprint density at radius 1 is 0.717 bits per heavy atom. The number of aromatic hydroxyl groups is 1. The second kappa shape index (κ2) is 16.4. The first-order valence-corrected chi connectivity index (χ1v) is 18.5. The lowest BCUT2D eigenvalue weighted by Crippen LogP contribution is -2.49. The molecule has 0 radical (unpaired) electrons. The number of hydrogen-bond donors (Lipinski definition) is 2. The molecule has 4 aromatic rings. The molecule has 53 heavy (non-hydrogen) atoms. The zero-order valence-corrected chi connectivity index (χ0v) is 29.0. The van der Waals surface area contributed by atoms with Gasteiger partial charge in [0.05, 0.1) is 11.9 Å². The van der Waals surface area contributed by atoms with Crippen LogP contribution in [0.1, 0.15) is 87.1 Å². The first kappa shape index (κ1) is 37.8. The number of phenolic OH excluding ortho intramolecular Hbond substituents is 1. The molecule has 3 fully saturated rings. The smallest absolute Gasteiger partial charge is 0.269 e. The summed E-state index contributed by atoms with van der Waals surface area (Å²) in [5.74, 6) is 0.889. The number of hydrogen-bond acceptors (Lipinski definition) is 8. The normalized spacial score (nSPS) is 22.3. The maximum Gasteiger partial charge on any atom is 0.269 e. The molecule has 3 atom stereocenters. The molecule has 0 bridgehead atoms. The van der Waals surface area contributed by atoms with Crippen LogP contribution in [-0.4, -0.2) is 77.4 Å². The summed E-state index contributed by atoms with van der Waals surface area (Å²) in [5, 5.41) is 16.8. The van der Waals surface area contributed by atoms with Crippen molar-refractivity contribution in [1.29, 1.82) is 0 Å². The number of imide groups is 1. The SMILES string of the molecule is C.C.O=C1CCC(n2ncc(N3CCN(CC4CCN(c5ccc([C@@H]6c7ccc(O)cc7CC[C@@H]6c6ccccc6)cc5)CC4)CC3)cc2=O)C(=O)N1. The number of benzene rings is 3. The summed E-state index contributed by atoms with van der Waals surface area (Å²) < 4.78 is 1.20. The van der Waals surface area contributed by atoms with Gasteiger partial charge in [-0.3, -0.25) is 24.6 Å². The molecule has 1 unspecified atom stereocenters. The number of aromatic nitrogens is 2. The van der Waals surface area contributed by atoms with Gasteiger partial charge in [-0.05, 0) is 90.5 Å². The maximum atomic E-state index is 12.9. The van der Waals surface area contributed by atoms with Crippen LogP contribution in [0.5, 0.6) is 5.75 Å². The lowest BCUT2D eigenvalue weighted by atomic mass is 9.69. The Hall–Kier alpha value is -4.96. The van der Waals surface area contributed by atoms with Crippen molar-refractivity contribution in [2.75, 3.05) is 55.6 Å². The molecule has 280 valence electrons. The van der Waals surface area contributed by atoms with E-state index in [0.717, 1.165) is 64.3 Å². The Morgan fingerprint density at radius 3 is 2.13 bits per heavy atom. The van der Waals surface area contributed by atoms with Crippen molar-refractivity contribution in [1.82, 2.24) is 20.0 Å². The molecule has 0 saturated carbocycles. The van der Waals surface area contributed by atoms with Crippen molar-refractivity contribution >= 4 is 23.2 Å². The van der Waals surface area contributed by atoms with E-state index in [0.29, 0.717) is 24.0 Å². The molecule has 10 nitrogen and oxygen atoms in total. The Labute approximate surface area is 313 Å². The van der Waals surface area contributed by atoms with Crippen LogP contribution in [0.2, 0.25) is 0 Å². The van der Waals surface area contributed by atoms with Crippen molar-refractivity contribution in [3.63, 3.8) is 0 Å². The predicted molar refractivity (Wildman–Crippen MR) is 211 cm³/mol. The number of nitrogens with one attached hydrogen (secondary N) is 1. The minimum atomic E-state index is -0.740. The number of amides is 2. The van der Waals surface area contributed by atoms with Crippen LogP contribution in [0.25, 0.3) is 0 Å². The van der Waals surface area contributed by atoms with E-state index in [-0.39, 0.29) is 38.7 Å². The fourth-order valence-electron chi connectivity index (χ4n) is 8.83. The van der Waals surface area contributed by atoms with Crippen LogP contribution in [0.3, 0.4) is 0 Å². The fourth-order valence-corrected chi connectivity index (χ4v) is 8.83. The van der Waals surface area contributed by atoms with Crippen LogP contribution in [-0.2, 0) is 16.0 Å². The molecular formula is C43H54N6O4. The number of rotatable bonds is 7. The molecule has 1 aromatic heterocycles. The molecule has 10 heteroatoms. The third-order valence-electron chi connectivity index (χ3n) is 11.6. The number of anilines is 2. The first-order chi connectivity index (χ1) is 24.9.